The Balaban J connectivity index is 1.34. The zero-order valence-corrected chi connectivity index (χ0v) is 26.3. The monoisotopic (exact) mass is 711 g/mol. The zero-order valence-electron chi connectivity index (χ0n) is 23.1. The Morgan fingerprint density at radius 1 is 1.11 bits per heavy atom. The van der Waals surface area contributed by atoms with Crippen molar-refractivity contribution in [1.82, 2.24) is 4.90 Å². The van der Waals surface area contributed by atoms with Crippen molar-refractivity contribution in [2.24, 2.45) is 15.3 Å². The van der Waals surface area contributed by atoms with Crippen molar-refractivity contribution in [1.29, 1.82) is 0 Å². The maximum absolute atomic E-state index is 13.5. The highest BCUT2D eigenvalue weighted by atomic mass is 79.9. The molecule has 1 aliphatic rings. The number of carbonyl (C=O) groups is 2. The topological polar surface area (TPSA) is 157 Å². The van der Waals surface area contributed by atoms with Crippen LogP contribution in [0.2, 0.25) is 0 Å². The van der Waals surface area contributed by atoms with Gasteiger partial charge in [-0.15, -0.1) is 5.10 Å². The van der Waals surface area contributed by atoms with Gasteiger partial charge in [-0.05, 0) is 90.1 Å². The molecule has 230 valence electrons. The number of nitrogens with two attached hydrogens (primary N) is 1. The standard InChI is InChI=1S/C30H23BrFN5O6S2/c31-21-5-12-26(43-18-28(38)35-23-8-10-25(11-9-23)45(33,40)41)20(14-21)15-27-29(39)37(17-24-2-1-13-42-24)30(44-27)36-34-16-19-3-6-22(32)7-4-19/h1-16H,17-18H2,(H,35,38)(H2,33,40,41)/b27-15-,34-16+,36-30-. The summed E-state index contributed by atoms with van der Waals surface area (Å²) in [5, 5.41) is 16.4. The van der Waals surface area contributed by atoms with E-state index in [1.807, 2.05) is 0 Å². The molecule has 4 aromatic rings. The average molecular weight is 713 g/mol. The van der Waals surface area contributed by atoms with Gasteiger partial charge in [0.05, 0.1) is 28.8 Å². The van der Waals surface area contributed by atoms with Gasteiger partial charge in [0.25, 0.3) is 11.8 Å². The van der Waals surface area contributed by atoms with Crippen LogP contribution in [0.1, 0.15) is 16.9 Å². The molecule has 1 aliphatic heterocycles. The number of anilines is 1. The van der Waals surface area contributed by atoms with Crippen LogP contribution in [0.25, 0.3) is 6.08 Å². The van der Waals surface area contributed by atoms with E-state index >= 15 is 0 Å². The number of rotatable bonds is 10. The first-order valence-electron chi connectivity index (χ1n) is 13.0. The van der Waals surface area contributed by atoms with Crippen LogP contribution in [-0.2, 0) is 26.2 Å². The number of hydrogen-bond donors (Lipinski definition) is 2. The molecular formula is C30H23BrFN5O6S2. The Labute approximate surface area is 269 Å². The SMILES string of the molecule is NS(=O)(=O)c1ccc(NC(=O)COc2ccc(Br)cc2/C=C2\S/C(=N\N=C\c3ccc(F)cc3)N(Cc3ccco3)C2=O)cc1. The van der Waals surface area contributed by atoms with Crippen molar-refractivity contribution in [3.63, 3.8) is 0 Å². The lowest BCUT2D eigenvalue weighted by Gasteiger charge is -2.13. The lowest BCUT2D eigenvalue weighted by atomic mass is 10.2. The molecule has 3 aromatic carbocycles. The van der Waals surface area contributed by atoms with Gasteiger partial charge in [0, 0.05) is 15.7 Å². The molecule has 0 aliphatic carbocycles. The van der Waals surface area contributed by atoms with Gasteiger partial charge in [0.1, 0.15) is 17.3 Å². The van der Waals surface area contributed by atoms with E-state index in [0.29, 0.717) is 42.9 Å². The summed E-state index contributed by atoms with van der Waals surface area (Å²) in [6.07, 6.45) is 4.58. The Morgan fingerprint density at radius 3 is 2.56 bits per heavy atom. The van der Waals surface area contributed by atoms with Gasteiger partial charge in [0.15, 0.2) is 11.8 Å². The van der Waals surface area contributed by atoms with Crippen molar-refractivity contribution in [2.45, 2.75) is 11.4 Å². The summed E-state index contributed by atoms with van der Waals surface area (Å²) < 4.78 is 48.1. The lowest BCUT2D eigenvalue weighted by molar-refractivity contribution is -0.122. The van der Waals surface area contributed by atoms with Gasteiger partial charge >= 0.3 is 0 Å². The lowest BCUT2D eigenvalue weighted by Crippen LogP contribution is -2.28. The maximum Gasteiger partial charge on any atom is 0.267 e. The number of nitrogens with one attached hydrogen (secondary N) is 1. The molecule has 1 saturated heterocycles. The van der Waals surface area contributed by atoms with E-state index in [1.54, 1.807) is 48.5 Å². The molecule has 15 heteroatoms. The van der Waals surface area contributed by atoms with Gasteiger partial charge in [-0.1, -0.05) is 28.1 Å². The third-order valence-electron chi connectivity index (χ3n) is 6.09. The van der Waals surface area contributed by atoms with Crippen LogP contribution in [0.4, 0.5) is 10.1 Å². The molecule has 0 bridgehead atoms. The molecule has 0 saturated carbocycles. The van der Waals surface area contributed by atoms with E-state index in [1.165, 1.54) is 53.8 Å². The summed E-state index contributed by atoms with van der Waals surface area (Å²) in [4.78, 5) is 27.8. The van der Waals surface area contributed by atoms with Gasteiger partial charge < -0.3 is 14.5 Å². The molecule has 0 radical (unpaired) electrons. The molecular weight excluding hydrogens is 689 g/mol. The second kappa shape index (κ2) is 14.0. The van der Waals surface area contributed by atoms with Crippen LogP contribution >= 0.6 is 27.7 Å². The predicted molar refractivity (Wildman–Crippen MR) is 172 cm³/mol. The maximum atomic E-state index is 13.5. The summed E-state index contributed by atoms with van der Waals surface area (Å²) in [5.41, 5.74) is 1.50. The van der Waals surface area contributed by atoms with E-state index in [4.69, 9.17) is 14.3 Å². The fourth-order valence-corrected chi connectivity index (χ4v) is 5.77. The molecule has 5 rings (SSSR count). The summed E-state index contributed by atoms with van der Waals surface area (Å²) in [7, 11) is -3.86. The second-order valence-corrected chi connectivity index (χ2v) is 12.8. The Morgan fingerprint density at radius 2 is 1.87 bits per heavy atom. The minimum absolute atomic E-state index is 0.0840. The van der Waals surface area contributed by atoms with Gasteiger partial charge in [-0.25, -0.2) is 17.9 Å². The van der Waals surface area contributed by atoms with Crippen molar-refractivity contribution in [3.05, 3.63) is 117 Å². The van der Waals surface area contributed by atoms with E-state index in [0.717, 1.165) is 11.8 Å². The van der Waals surface area contributed by atoms with Gasteiger partial charge in [0.2, 0.25) is 10.0 Å². The van der Waals surface area contributed by atoms with Gasteiger partial charge in [-0.2, -0.15) is 5.10 Å². The van der Waals surface area contributed by atoms with E-state index < -0.39 is 15.9 Å². The third kappa shape index (κ3) is 8.54. The van der Waals surface area contributed by atoms with Crippen LogP contribution in [0.5, 0.6) is 5.75 Å². The van der Waals surface area contributed by atoms with Crippen LogP contribution in [-0.4, -0.2) is 43.1 Å². The van der Waals surface area contributed by atoms with Crippen molar-refractivity contribution in [3.8, 4) is 5.75 Å². The molecule has 0 spiro atoms. The van der Waals surface area contributed by atoms with E-state index in [2.05, 4.69) is 31.4 Å². The highest BCUT2D eigenvalue weighted by Crippen LogP contribution is 2.36. The van der Waals surface area contributed by atoms with Crippen LogP contribution in [0.3, 0.4) is 0 Å². The fourth-order valence-electron chi connectivity index (χ4n) is 3.95. The highest BCUT2D eigenvalue weighted by molar-refractivity contribution is 9.10. The summed E-state index contributed by atoms with van der Waals surface area (Å²) in [6.45, 7) is -0.257. The summed E-state index contributed by atoms with van der Waals surface area (Å²) in [5.74, 6) is -0.347. The Kier molecular flexibility index (Phi) is 9.93. The molecule has 0 unspecified atom stereocenters. The molecule has 2 amide bonds. The predicted octanol–water partition coefficient (Wildman–Crippen LogP) is 5.35. The number of nitrogens with zero attached hydrogens (tertiary/aromatic N) is 3. The number of carbonyl (C=O) groups excluding carboxylic acids is 2. The van der Waals surface area contributed by atoms with Gasteiger partial charge in [-0.3, -0.25) is 14.5 Å². The number of thioether (sulfide) groups is 1. The Hall–Kier alpha value is -4.57. The molecule has 1 fully saturated rings. The van der Waals surface area contributed by atoms with E-state index in [-0.39, 0.29) is 29.8 Å². The molecule has 45 heavy (non-hydrogen) atoms. The van der Waals surface area contributed by atoms with Crippen LogP contribution in [0, 0.1) is 5.82 Å². The molecule has 1 aromatic heterocycles. The fraction of sp³-hybridized carbons (Fsp3) is 0.0667. The number of ether oxygens (including phenoxy) is 1. The number of amidine groups is 1. The number of halogens is 2. The quantitative estimate of drug-likeness (QED) is 0.128. The minimum atomic E-state index is -3.86. The molecule has 0 atom stereocenters. The number of hydrogen-bond acceptors (Lipinski definition) is 9. The zero-order chi connectivity index (χ0) is 32.0. The summed E-state index contributed by atoms with van der Waals surface area (Å²) >= 11 is 4.53. The van der Waals surface area contributed by atoms with Crippen LogP contribution < -0.4 is 15.2 Å². The first kappa shape index (κ1) is 31.8. The average Bonchev–Trinajstić information content (AvgIpc) is 3.62. The first-order valence-corrected chi connectivity index (χ1v) is 16.2. The highest BCUT2D eigenvalue weighted by Gasteiger charge is 2.34. The number of benzene rings is 3. The van der Waals surface area contributed by atoms with Crippen molar-refractivity contribution >= 4 is 72.7 Å². The molecule has 3 N–H and O–H groups in total. The summed E-state index contributed by atoms with van der Waals surface area (Å²) in [6, 6.07) is 19.7. The molecule has 2 heterocycles. The molecule has 11 nitrogen and oxygen atoms in total. The third-order valence-corrected chi connectivity index (χ3v) is 8.51. The second-order valence-electron chi connectivity index (χ2n) is 9.35. The minimum Gasteiger partial charge on any atom is -0.483 e. The number of primary sulfonamides is 1. The van der Waals surface area contributed by atoms with E-state index in [9.17, 15) is 22.4 Å². The normalized spacial score (nSPS) is 15.4. The van der Waals surface area contributed by atoms with Crippen molar-refractivity contribution < 1.29 is 31.6 Å². The number of sulfonamides is 1. The smallest absolute Gasteiger partial charge is 0.267 e. The largest absolute Gasteiger partial charge is 0.483 e. The first-order chi connectivity index (χ1) is 21.5. The Bertz CT molecular complexity index is 1910. The number of furan rings is 1. The van der Waals surface area contributed by atoms with Crippen LogP contribution in [0.15, 0.2) is 114 Å². The van der Waals surface area contributed by atoms with Crippen molar-refractivity contribution in [2.75, 3.05) is 11.9 Å². The number of amides is 2.